The van der Waals surface area contributed by atoms with Crippen LogP contribution in [0.25, 0.3) is 0 Å². The van der Waals surface area contributed by atoms with Crippen LogP contribution in [-0.4, -0.2) is 23.9 Å². The molecular weight excluding hydrogens is 238 g/mol. The number of rotatable bonds is 2. The average molecular weight is 261 g/mol. The average Bonchev–Trinajstić information content (AvgIpc) is 2.67. The Morgan fingerprint density at radius 3 is 2.84 bits per heavy atom. The van der Waals surface area contributed by atoms with Crippen molar-refractivity contribution in [3.8, 4) is 5.75 Å². The molecule has 2 aliphatic rings. The summed E-state index contributed by atoms with van der Waals surface area (Å²) in [7, 11) is 0. The van der Waals surface area contributed by atoms with Crippen molar-refractivity contribution in [3.63, 3.8) is 0 Å². The second-order valence-corrected chi connectivity index (χ2v) is 6.68. The summed E-state index contributed by atoms with van der Waals surface area (Å²) in [5, 5.41) is 0. The summed E-state index contributed by atoms with van der Waals surface area (Å²) in [6.07, 6.45) is 4.25. The molecule has 0 amide bonds. The fourth-order valence-electron chi connectivity index (χ4n) is 3.25. The van der Waals surface area contributed by atoms with Crippen molar-refractivity contribution in [2.24, 2.45) is 5.73 Å². The van der Waals surface area contributed by atoms with Crippen molar-refractivity contribution in [3.05, 3.63) is 29.8 Å². The topological polar surface area (TPSA) is 44.5 Å². The van der Waals surface area contributed by atoms with E-state index in [1.807, 2.05) is 18.2 Å². The third kappa shape index (κ3) is 2.77. The van der Waals surface area contributed by atoms with Gasteiger partial charge in [-0.2, -0.15) is 0 Å². The molecule has 2 aliphatic heterocycles. The summed E-state index contributed by atoms with van der Waals surface area (Å²) >= 11 is 0. The van der Waals surface area contributed by atoms with E-state index in [1.54, 1.807) is 0 Å². The van der Waals surface area contributed by atoms with E-state index in [4.69, 9.17) is 15.2 Å². The Morgan fingerprint density at radius 1 is 1.32 bits per heavy atom. The molecule has 1 aromatic rings. The molecule has 0 aromatic heterocycles. The van der Waals surface area contributed by atoms with Crippen LogP contribution in [0.4, 0.5) is 0 Å². The van der Waals surface area contributed by atoms with Gasteiger partial charge in [-0.25, -0.2) is 0 Å². The molecule has 19 heavy (non-hydrogen) atoms. The van der Waals surface area contributed by atoms with Crippen LogP contribution in [0.5, 0.6) is 5.75 Å². The van der Waals surface area contributed by atoms with E-state index in [1.165, 1.54) is 5.56 Å². The minimum atomic E-state index is -0.292. The van der Waals surface area contributed by atoms with E-state index in [-0.39, 0.29) is 17.2 Å². The maximum absolute atomic E-state index is 6.54. The summed E-state index contributed by atoms with van der Waals surface area (Å²) < 4.78 is 11.9. The van der Waals surface area contributed by atoms with E-state index in [2.05, 4.69) is 19.9 Å². The van der Waals surface area contributed by atoms with Gasteiger partial charge in [-0.15, -0.1) is 0 Å². The van der Waals surface area contributed by atoms with E-state index in [0.29, 0.717) is 6.61 Å². The Labute approximate surface area is 115 Å². The molecule has 1 aromatic carbocycles. The zero-order valence-corrected chi connectivity index (χ0v) is 11.8. The van der Waals surface area contributed by atoms with Crippen molar-refractivity contribution in [1.82, 2.24) is 0 Å². The molecular formula is C16H23NO2. The summed E-state index contributed by atoms with van der Waals surface area (Å²) in [5.74, 6) is 0.983. The Bertz CT molecular complexity index is 472. The third-order valence-electron chi connectivity index (χ3n) is 4.22. The predicted octanol–water partition coefficient (Wildman–Crippen LogP) is 2.67. The van der Waals surface area contributed by atoms with E-state index >= 15 is 0 Å². The van der Waals surface area contributed by atoms with E-state index in [9.17, 15) is 0 Å². The summed E-state index contributed by atoms with van der Waals surface area (Å²) in [4.78, 5) is 0. The first-order valence-electron chi connectivity index (χ1n) is 7.13. The number of hydrogen-bond donors (Lipinski definition) is 1. The summed E-state index contributed by atoms with van der Waals surface area (Å²) in [6.45, 7) is 4.90. The van der Waals surface area contributed by atoms with Crippen LogP contribution in [0.3, 0.4) is 0 Å². The lowest BCUT2D eigenvalue weighted by Gasteiger charge is -2.36. The molecule has 2 heterocycles. The quantitative estimate of drug-likeness (QED) is 0.890. The molecule has 2 N–H and O–H groups in total. The number of benzene rings is 1. The Balaban J connectivity index is 1.69. The highest BCUT2D eigenvalue weighted by molar-refractivity contribution is 5.37. The highest BCUT2D eigenvalue weighted by atomic mass is 16.5. The molecule has 0 bridgehead atoms. The molecule has 1 fully saturated rings. The van der Waals surface area contributed by atoms with Crippen molar-refractivity contribution < 1.29 is 9.47 Å². The fourth-order valence-corrected chi connectivity index (χ4v) is 3.25. The standard InChI is InChI=1S/C16H23NO2/c1-15(2)8-7-13(19-15)10-16(17)9-12-5-3-4-6-14(12)18-11-16/h3-6,13H,7-11,17H2,1-2H3. The largest absolute Gasteiger partial charge is 0.491 e. The highest BCUT2D eigenvalue weighted by Crippen LogP contribution is 2.36. The number of para-hydroxylation sites is 1. The smallest absolute Gasteiger partial charge is 0.122 e. The van der Waals surface area contributed by atoms with Crippen LogP contribution in [0.2, 0.25) is 0 Å². The minimum absolute atomic E-state index is 0.00839. The van der Waals surface area contributed by atoms with Gasteiger partial charge in [-0.3, -0.25) is 0 Å². The molecule has 3 rings (SSSR count). The summed E-state index contributed by atoms with van der Waals surface area (Å²) in [5.41, 5.74) is 7.47. The number of ether oxygens (including phenoxy) is 2. The van der Waals surface area contributed by atoms with Gasteiger partial charge in [0, 0.05) is 0 Å². The molecule has 104 valence electrons. The number of hydrogen-bond acceptors (Lipinski definition) is 3. The Morgan fingerprint density at radius 2 is 2.11 bits per heavy atom. The van der Waals surface area contributed by atoms with Crippen LogP contribution in [0, 0.1) is 0 Å². The maximum Gasteiger partial charge on any atom is 0.122 e. The maximum atomic E-state index is 6.54. The van der Waals surface area contributed by atoms with Crippen LogP contribution in [0.15, 0.2) is 24.3 Å². The third-order valence-corrected chi connectivity index (χ3v) is 4.22. The second kappa shape index (κ2) is 4.50. The van der Waals surface area contributed by atoms with E-state index in [0.717, 1.165) is 31.4 Å². The fraction of sp³-hybridized carbons (Fsp3) is 0.625. The first-order valence-corrected chi connectivity index (χ1v) is 7.13. The lowest BCUT2D eigenvalue weighted by molar-refractivity contribution is -0.0312. The monoisotopic (exact) mass is 261 g/mol. The van der Waals surface area contributed by atoms with Crippen molar-refractivity contribution in [2.45, 2.75) is 56.8 Å². The molecule has 0 aliphatic carbocycles. The highest BCUT2D eigenvalue weighted by Gasteiger charge is 2.39. The van der Waals surface area contributed by atoms with Crippen LogP contribution >= 0.6 is 0 Å². The van der Waals surface area contributed by atoms with Crippen LogP contribution < -0.4 is 10.5 Å². The number of nitrogens with two attached hydrogens (primary N) is 1. The van der Waals surface area contributed by atoms with Crippen molar-refractivity contribution in [1.29, 1.82) is 0 Å². The molecule has 3 nitrogen and oxygen atoms in total. The van der Waals surface area contributed by atoms with Gasteiger partial charge in [-0.1, -0.05) is 18.2 Å². The van der Waals surface area contributed by atoms with Crippen molar-refractivity contribution >= 4 is 0 Å². The van der Waals surface area contributed by atoms with Gasteiger partial charge in [0.2, 0.25) is 0 Å². The van der Waals surface area contributed by atoms with Crippen molar-refractivity contribution in [2.75, 3.05) is 6.61 Å². The van der Waals surface area contributed by atoms with Gasteiger partial charge in [0.15, 0.2) is 0 Å². The zero-order chi connectivity index (χ0) is 13.5. The summed E-state index contributed by atoms with van der Waals surface area (Å²) in [6, 6.07) is 8.17. The van der Waals surface area contributed by atoms with E-state index < -0.39 is 0 Å². The van der Waals surface area contributed by atoms with Gasteiger partial charge in [-0.05, 0) is 51.2 Å². The molecule has 3 heteroatoms. The lowest BCUT2D eigenvalue weighted by Crippen LogP contribution is -2.52. The molecule has 1 saturated heterocycles. The SMILES string of the molecule is CC1(C)CCC(CC2(N)COc3ccccc3C2)O1. The normalized spacial score (nSPS) is 32.7. The minimum Gasteiger partial charge on any atom is -0.491 e. The van der Waals surface area contributed by atoms with Gasteiger partial charge in [0.1, 0.15) is 12.4 Å². The molecule has 0 saturated carbocycles. The first kappa shape index (κ1) is 12.9. The van der Waals surface area contributed by atoms with Gasteiger partial charge < -0.3 is 15.2 Å². The molecule has 2 unspecified atom stereocenters. The van der Waals surface area contributed by atoms with Gasteiger partial charge in [0.05, 0.1) is 17.2 Å². The lowest BCUT2D eigenvalue weighted by atomic mass is 9.84. The van der Waals surface area contributed by atoms with Gasteiger partial charge >= 0.3 is 0 Å². The molecule has 0 radical (unpaired) electrons. The zero-order valence-electron chi connectivity index (χ0n) is 11.8. The Kier molecular flexibility index (Phi) is 3.06. The predicted molar refractivity (Wildman–Crippen MR) is 75.4 cm³/mol. The Hall–Kier alpha value is -1.06. The molecule has 2 atom stereocenters. The number of fused-ring (bicyclic) bond motifs is 1. The van der Waals surface area contributed by atoms with Crippen LogP contribution in [-0.2, 0) is 11.2 Å². The van der Waals surface area contributed by atoms with Crippen LogP contribution in [0.1, 0.15) is 38.7 Å². The second-order valence-electron chi connectivity index (χ2n) is 6.68. The van der Waals surface area contributed by atoms with Gasteiger partial charge in [0.25, 0.3) is 0 Å². The first-order chi connectivity index (χ1) is 8.96. The molecule has 0 spiro atoms.